The molecule has 5 rings (SSSR count). The number of methoxy groups -OCH3 is 1. The molecule has 2 heterocycles. The van der Waals surface area contributed by atoms with Crippen molar-refractivity contribution >= 4 is 35.6 Å². The molecule has 0 aliphatic carbocycles. The number of amides is 4. The number of carboxylic acids is 1. The number of benzene rings is 3. The summed E-state index contributed by atoms with van der Waals surface area (Å²) in [5.74, 6) is -1.14. The van der Waals surface area contributed by atoms with Crippen LogP contribution in [0.1, 0.15) is 21.5 Å². The average molecular weight is 516 g/mol. The number of barbiturate groups is 1. The molecule has 1 fully saturated rings. The van der Waals surface area contributed by atoms with Crippen LogP contribution in [0.25, 0.3) is 6.08 Å². The van der Waals surface area contributed by atoms with Gasteiger partial charge in [0.05, 0.1) is 18.4 Å². The number of aromatic carboxylic acids is 1. The van der Waals surface area contributed by atoms with E-state index >= 15 is 0 Å². The van der Waals surface area contributed by atoms with Crippen molar-refractivity contribution in [3.05, 3.63) is 82.9 Å². The maximum Gasteiger partial charge on any atom is 0.335 e. The van der Waals surface area contributed by atoms with E-state index in [0.29, 0.717) is 34.1 Å². The lowest BCUT2D eigenvalue weighted by atomic mass is 10.1. The molecule has 0 bridgehead atoms. The van der Waals surface area contributed by atoms with Crippen LogP contribution in [0.2, 0.25) is 0 Å². The van der Waals surface area contributed by atoms with Crippen molar-refractivity contribution in [3.63, 3.8) is 0 Å². The Balaban J connectivity index is 1.38. The number of nitrogens with one attached hydrogen (secondary N) is 1. The molecule has 38 heavy (non-hydrogen) atoms. The number of rotatable bonds is 7. The van der Waals surface area contributed by atoms with E-state index in [4.69, 9.17) is 24.1 Å². The van der Waals surface area contributed by atoms with Crippen molar-refractivity contribution in [1.29, 1.82) is 0 Å². The molecule has 3 aromatic rings. The summed E-state index contributed by atoms with van der Waals surface area (Å²) in [5.41, 5.74) is 1.19. The van der Waals surface area contributed by atoms with Crippen LogP contribution >= 0.6 is 0 Å². The first-order valence-electron chi connectivity index (χ1n) is 11.3. The lowest BCUT2D eigenvalue weighted by Crippen LogP contribution is -2.54. The molecule has 3 aromatic carbocycles. The summed E-state index contributed by atoms with van der Waals surface area (Å²) in [5, 5.41) is 11.3. The summed E-state index contributed by atoms with van der Waals surface area (Å²) in [6.45, 7) is 0.115. The maximum absolute atomic E-state index is 13.2. The third-order valence-electron chi connectivity index (χ3n) is 5.78. The molecule has 2 N–H and O–H groups in total. The predicted octanol–water partition coefficient (Wildman–Crippen LogP) is 3.37. The molecular weight excluding hydrogens is 496 g/mol. The van der Waals surface area contributed by atoms with E-state index in [-0.39, 0.29) is 30.2 Å². The van der Waals surface area contributed by atoms with Crippen molar-refractivity contribution in [3.8, 4) is 23.0 Å². The zero-order valence-electron chi connectivity index (χ0n) is 19.9. The van der Waals surface area contributed by atoms with E-state index in [9.17, 15) is 19.2 Å². The second-order valence-electron chi connectivity index (χ2n) is 8.20. The number of carboxylic acid groups (broad SMARTS) is 1. The van der Waals surface area contributed by atoms with E-state index in [1.807, 2.05) is 0 Å². The van der Waals surface area contributed by atoms with Gasteiger partial charge in [0.2, 0.25) is 6.79 Å². The Hall–Kier alpha value is -5.32. The van der Waals surface area contributed by atoms with Crippen LogP contribution in [0.15, 0.2) is 66.2 Å². The fourth-order valence-corrected chi connectivity index (χ4v) is 3.93. The maximum atomic E-state index is 13.2. The quantitative estimate of drug-likeness (QED) is 0.357. The van der Waals surface area contributed by atoms with Crippen LogP contribution in [0, 0.1) is 0 Å². The number of anilines is 1. The normalized spacial score (nSPS) is 15.4. The molecule has 0 unspecified atom stereocenters. The Morgan fingerprint density at radius 2 is 1.84 bits per heavy atom. The summed E-state index contributed by atoms with van der Waals surface area (Å²) in [6.07, 6.45) is 1.34. The molecule has 0 radical (unpaired) electrons. The van der Waals surface area contributed by atoms with Gasteiger partial charge in [-0.1, -0.05) is 18.2 Å². The van der Waals surface area contributed by atoms with Gasteiger partial charge in [0.1, 0.15) is 12.2 Å². The Bertz CT molecular complexity index is 1510. The molecule has 192 valence electrons. The summed E-state index contributed by atoms with van der Waals surface area (Å²) in [4.78, 5) is 50.3. The first-order valence-corrected chi connectivity index (χ1v) is 11.3. The zero-order valence-corrected chi connectivity index (χ0v) is 19.9. The van der Waals surface area contributed by atoms with Crippen molar-refractivity contribution < 1.29 is 43.2 Å². The van der Waals surface area contributed by atoms with Crippen molar-refractivity contribution in [2.45, 2.75) is 6.61 Å². The molecule has 11 nitrogen and oxygen atoms in total. The summed E-state index contributed by atoms with van der Waals surface area (Å²) in [7, 11) is 1.43. The van der Waals surface area contributed by atoms with E-state index in [2.05, 4.69) is 5.32 Å². The molecule has 11 heteroatoms. The van der Waals surface area contributed by atoms with E-state index in [1.54, 1.807) is 36.4 Å². The second kappa shape index (κ2) is 9.97. The average Bonchev–Trinajstić information content (AvgIpc) is 3.38. The van der Waals surface area contributed by atoms with Crippen LogP contribution in [-0.4, -0.2) is 42.8 Å². The fourth-order valence-electron chi connectivity index (χ4n) is 3.93. The first-order chi connectivity index (χ1) is 18.3. The number of nitrogens with zero attached hydrogens (tertiary/aromatic N) is 1. The molecule has 4 amide bonds. The van der Waals surface area contributed by atoms with Gasteiger partial charge in [-0.25, -0.2) is 14.5 Å². The minimum absolute atomic E-state index is 0.0266. The highest BCUT2D eigenvalue weighted by Gasteiger charge is 2.37. The lowest BCUT2D eigenvalue weighted by molar-refractivity contribution is -0.122. The Morgan fingerprint density at radius 1 is 1.03 bits per heavy atom. The van der Waals surface area contributed by atoms with Crippen LogP contribution in [-0.2, 0) is 16.2 Å². The molecular formula is C27H20N2O9. The number of urea groups is 1. The molecule has 0 aromatic heterocycles. The van der Waals surface area contributed by atoms with Gasteiger partial charge in [0.25, 0.3) is 11.8 Å². The highest BCUT2D eigenvalue weighted by molar-refractivity contribution is 6.39. The SMILES string of the molecule is COc1cc(/C=C2\C(=O)NC(=O)N(c3ccc4c(c3)OCO4)C2=O)ccc1OCc1cccc(C(=O)O)c1. The first kappa shape index (κ1) is 24.4. The Labute approximate surface area is 215 Å². The molecule has 2 aliphatic heterocycles. The van der Waals surface area contributed by atoms with Crippen molar-refractivity contribution in [1.82, 2.24) is 5.32 Å². The second-order valence-corrected chi connectivity index (χ2v) is 8.20. The summed E-state index contributed by atoms with van der Waals surface area (Å²) >= 11 is 0. The van der Waals surface area contributed by atoms with E-state index in [1.165, 1.54) is 37.5 Å². The largest absolute Gasteiger partial charge is 0.493 e. The zero-order chi connectivity index (χ0) is 26.8. The van der Waals surface area contributed by atoms with Crippen LogP contribution < -0.4 is 29.2 Å². The lowest BCUT2D eigenvalue weighted by Gasteiger charge is -2.26. The number of hydrogen-bond donors (Lipinski definition) is 2. The third kappa shape index (κ3) is 4.72. The van der Waals surface area contributed by atoms with Gasteiger partial charge in [0.15, 0.2) is 23.0 Å². The highest BCUT2D eigenvalue weighted by atomic mass is 16.7. The highest BCUT2D eigenvalue weighted by Crippen LogP contribution is 2.36. The smallest absolute Gasteiger partial charge is 0.335 e. The molecule has 2 aliphatic rings. The van der Waals surface area contributed by atoms with Crippen LogP contribution in [0.3, 0.4) is 0 Å². The third-order valence-corrected chi connectivity index (χ3v) is 5.78. The molecule has 0 atom stereocenters. The standard InChI is InChI=1S/C27H20N2O9/c1-35-22-11-15(5-7-20(22)36-13-16-3-2-4-17(9-16)26(32)33)10-19-24(30)28-27(34)29(25(19)31)18-6-8-21-23(12-18)38-14-37-21/h2-12H,13-14H2,1H3,(H,32,33)(H,28,30,34)/b19-10+. The topological polar surface area (TPSA) is 141 Å². The van der Waals surface area contributed by atoms with Crippen molar-refractivity contribution in [2.75, 3.05) is 18.8 Å². The van der Waals surface area contributed by atoms with Crippen LogP contribution in [0.4, 0.5) is 10.5 Å². The summed E-state index contributed by atoms with van der Waals surface area (Å²) in [6, 6.07) is 14.8. The Morgan fingerprint density at radius 3 is 2.63 bits per heavy atom. The van der Waals surface area contributed by atoms with Gasteiger partial charge < -0.3 is 24.1 Å². The van der Waals surface area contributed by atoms with Gasteiger partial charge in [-0.2, -0.15) is 0 Å². The van der Waals surface area contributed by atoms with Gasteiger partial charge in [-0.05, 0) is 53.6 Å². The number of ether oxygens (including phenoxy) is 4. The number of hydrogen-bond acceptors (Lipinski definition) is 8. The molecule has 0 saturated carbocycles. The summed E-state index contributed by atoms with van der Waals surface area (Å²) < 4.78 is 21.8. The fraction of sp³-hybridized carbons (Fsp3) is 0.111. The minimum atomic E-state index is -1.04. The molecule has 1 saturated heterocycles. The van der Waals surface area contributed by atoms with Crippen molar-refractivity contribution in [2.24, 2.45) is 0 Å². The predicted molar refractivity (Wildman–Crippen MR) is 132 cm³/mol. The number of carbonyl (C=O) groups excluding carboxylic acids is 3. The van der Waals surface area contributed by atoms with E-state index < -0.39 is 23.8 Å². The van der Waals surface area contributed by atoms with Gasteiger partial charge >= 0.3 is 12.0 Å². The van der Waals surface area contributed by atoms with Crippen LogP contribution in [0.5, 0.6) is 23.0 Å². The van der Waals surface area contributed by atoms with Gasteiger partial charge in [-0.3, -0.25) is 14.9 Å². The number of carbonyl (C=O) groups is 4. The van der Waals surface area contributed by atoms with Gasteiger partial charge in [0, 0.05) is 6.07 Å². The Kier molecular flexibility index (Phi) is 6.40. The van der Waals surface area contributed by atoms with E-state index in [0.717, 1.165) is 4.90 Å². The monoisotopic (exact) mass is 516 g/mol. The number of imide groups is 2. The molecule has 0 spiro atoms. The minimum Gasteiger partial charge on any atom is -0.493 e. The number of fused-ring (bicyclic) bond motifs is 1. The van der Waals surface area contributed by atoms with Gasteiger partial charge in [-0.15, -0.1) is 0 Å².